The van der Waals surface area contributed by atoms with Gasteiger partial charge in [0.25, 0.3) is 11.8 Å². The van der Waals surface area contributed by atoms with Crippen LogP contribution in [0, 0.1) is 6.92 Å². The molecule has 0 atom stereocenters. The van der Waals surface area contributed by atoms with Gasteiger partial charge in [0.15, 0.2) is 23.0 Å². The summed E-state index contributed by atoms with van der Waals surface area (Å²) in [4.78, 5) is 9.00. The van der Waals surface area contributed by atoms with Gasteiger partial charge in [-0.3, -0.25) is 0 Å². The summed E-state index contributed by atoms with van der Waals surface area (Å²) in [5, 5.41) is 0. The van der Waals surface area contributed by atoms with Crippen molar-refractivity contribution in [2.75, 3.05) is 0 Å². The maximum atomic E-state index is 6.38. The molecule has 0 N–H and O–H groups in total. The van der Waals surface area contributed by atoms with Gasteiger partial charge in [0.1, 0.15) is 31.3 Å². The zero-order valence-electron chi connectivity index (χ0n) is 39.5. The molecule has 0 aliphatic carbocycles. The van der Waals surface area contributed by atoms with E-state index < -0.39 is 5.79 Å². The van der Waals surface area contributed by atoms with Crippen LogP contribution in [0.1, 0.15) is 69.4 Å². The standard InChI is InChI=1S/C40H32N2O5.C16H23BO4/c1-28-32(19-11-21-34(28)43-25-29-13-5-2-6-14-29)36-23-41-39(46-36)40-42-24-37(47-40)33-20-12-22-35(44-26-30-15-7-3-8-16-30)38(33)45-27-31-17-9-4-10-18-31;1-14(2)15(3,4)21-17(20-14)12-7-8-13-11(9-12)10-18-16(5,6)19-13/h2-24H,25-27H2,1H3;7-9H,10H2,1-6H3. The molecule has 10 rings (SSSR count). The molecule has 2 aliphatic heterocycles. The van der Waals surface area contributed by atoms with Crippen LogP contribution in [0.5, 0.6) is 23.0 Å². The molecule has 0 saturated carbocycles. The molecule has 1 saturated heterocycles. The van der Waals surface area contributed by atoms with E-state index in [-0.39, 0.29) is 30.1 Å². The van der Waals surface area contributed by atoms with Crippen LogP contribution in [0.3, 0.4) is 0 Å². The number of ether oxygens (including phenoxy) is 5. The number of rotatable bonds is 13. The minimum Gasteiger partial charge on any atom is -0.489 e. The van der Waals surface area contributed by atoms with E-state index in [1.807, 2.05) is 166 Å². The van der Waals surface area contributed by atoms with Crippen LogP contribution in [-0.2, 0) is 40.5 Å². The Bertz CT molecular complexity index is 2930. The van der Waals surface area contributed by atoms with E-state index in [2.05, 4.69) is 37.7 Å². The van der Waals surface area contributed by atoms with Gasteiger partial charge in [-0.05, 0) is 81.0 Å². The zero-order valence-corrected chi connectivity index (χ0v) is 39.5. The summed E-state index contributed by atoms with van der Waals surface area (Å²) < 4.78 is 54.8. The van der Waals surface area contributed by atoms with Gasteiger partial charge < -0.3 is 41.8 Å². The van der Waals surface area contributed by atoms with E-state index in [4.69, 9.17) is 41.8 Å². The lowest BCUT2D eigenvalue weighted by atomic mass is 9.78. The number of oxazole rings is 2. The van der Waals surface area contributed by atoms with Crippen LogP contribution < -0.4 is 24.4 Å². The molecule has 0 bridgehead atoms. The average Bonchev–Trinajstić information content (AvgIpc) is 4.09. The summed E-state index contributed by atoms with van der Waals surface area (Å²) in [6.45, 7) is 15.8. The quantitative estimate of drug-likeness (QED) is 0.103. The molecule has 4 heterocycles. The number of aromatic nitrogens is 2. The molecule has 8 aromatic rings. The minimum absolute atomic E-state index is 0.255. The highest BCUT2D eigenvalue weighted by Crippen LogP contribution is 2.42. The third-order valence-electron chi connectivity index (χ3n) is 12.2. The van der Waals surface area contributed by atoms with Gasteiger partial charge in [0, 0.05) is 30.5 Å². The predicted molar refractivity (Wildman–Crippen MR) is 262 cm³/mol. The van der Waals surface area contributed by atoms with Crippen LogP contribution in [0.4, 0.5) is 0 Å². The van der Waals surface area contributed by atoms with Crippen molar-refractivity contribution in [2.24, 2.45) is 0 Å². The molecule has 2 aromatic heterocycles. The predicted octanol–water partition coefficient (Wildman–Crippen LogP) is 12.3. The lowest BCUT2D eigenvalue weighted by Crippen LogP contribution is -2.41. The van der Waals surface area contributed by atoms with E-state index in [9.17, 15) is 0 Å². The number of nitrogens with zero attached hydrogens (tertiary/aromatic N) is 2. The maximum absolute atomic E-state index is 6.38. The molecule has 6 aromatic carbocycles. The maximum Gasteiger partial charge on any atom is 0.494 e. The van der Waals surface area contributed by atoms with E-state index in [1.54, 1.807) is 12.4 Å². The van der Waals surface area contributed by atoms with E-state index in [0.717, 1.165) is 50.3 Å². The van der Waals surface area contributed by atoms with E-state index in [1.165, 1.54) is 0 Å². The molecule has 68 heavy (non-hydrogen) atoms. The highest BCUT2D eigenvalue weighted by atomic mass is 16.7. The first-order valence-electron chi connectivity index (χ1n) is 22.8. The van der Waals surface area contributed by atoms with Crippen LogP contribution in [0.2, 0.25) is 0 Å². The third-order valence-corrected chi connectivity index (χ3v) is 12.2. The highest BCUT2D eigenvalue weighted by Gasteiger charge is 2.52. The number of fused-ring (bicyclic) bond motifs is 1. The first-order valence-corrected chi connectivity index (χ1v) is 22.8. The molecular formula is C56H55BN2O9. The Morgan fingerprint density at radius 2 is 1.04 bits per heavy atom. The van der Waals surface area contributed by atoms with Gasteiger partial charge in [-0.25, -0.2) is 9.97 Å². The van der Waals surface area contributed by atoms with Gasteiger partial charge in [-0.2, -0.15) is 0 Å². The summed E-state index contributed by atoms with van der Waals surface area (Å²) >= 11 is 0. The van der Waals surface area contributed by atoms with Gasteiger partial charge in [-0.1, -0.05) is 121 Å². The zero-order chi connectivity index (χ0) is 47.3. The Labute approximate surface area is 398 Å². The minimum atomic E-state index is -0.571. The second-order valence-electron chi connectivity index (χ2n) is 18.2. The van der Waals surface area contributed by atoms with Crippen molar-refractivity contribution >= 4 is 12.6 Å². The van der Waals surface area contributed by atoms with Crippen LogP contribution in [-0.4, -0.2) is 34.1 Å². The molecule has 0 radical (unpaired) electrons. The summed E-state index contributed by atoms with van der Waals surface area (Å²) in [6.07, 6.45) is 3.32. The Morgan fingerprint density at radius 1 is 0.544 bits per heavy atom. The highest BCUT2D eigenvalue weighted by molar-refractivity contribution is 6.62. The Morgan fingerprint density at radius 3 is 1.62 bits per heavy atom. The Kier molecular flexibility index (Phi) is 13.3. The molecule has 1 fully saturated rings. The average molecular weight is 911 g/mol. The summed E-state index contributed by atoms with van der Waals surface area (Å²) in [7, 11) is -0.352. The lowest BCUT2D eigenvalue weighted by molar-refractivity contribution is -0.180. The monoisotopic (exact) mass is 910 g/mol. The van der Waals surface area contributed by atoms with Crippen molar-refractivity contribution in [1.82, 2.24) is 9.97 Å². The van der Waals surface area contributed by atoms with Gasteiger partial charge in [-0.15, -0.1) is 0 Å². The van der Waals surface area contributed by atoms with Gasteiger partial charge in [0.05, 0.1) is 35.8 Å². The first kappa shape index (κ1) is 46.0. The first-order chi connectivity index (χ1) is 32.8. The number of hydrogen-bond donors (Lipinski definition) is 0. The lowest BCUT2D eigenvalue weighted by Gasteiger charge is -2.32. The van der Waals surface area contributed by atoms with E-state index in [0.29, 0.717) is 55.0 Å². The fourth-order valence-corrected chi connectivity index (χ4v) is 7.69. The summed E-state index contributed by atoms with van der Waals surface area (Å²) in [5.74, 6) is 3.85. The Hall–Kier alpha value is -7.12. The normalized spacial score (nSPS) is 15.4. The molecule has 0 spiro atoms. The molecule has 12 heteroatoms. The van der Waals surface area contributed by atoms with Gasteiger partial charge >= 0.3 is 7.12 Å². The molecule has 11 nitrogen and oxygen atoms in total. The Balaban J connectivity index is 0.000000229. The van der Waals surface area contributed by atoms with Crippen LogP contribution in [0.25, 0.3) is 34.4 Å². The van der Waals surface area contributed by atoms with Crippen molar-refractivity contribution in [1.29, 1.82) is 0 Å². The topological polar surface area (TPSA) is 117 Å². The fourth-order valence-electron chi connectivity index (χ4n) is 7.69. The number of para-hydroxylation sites is 1. The van der Waals surface area contributed by atoms with Crippen molar-refractivity contribution < 1.29 is 41.8 Å². The number of hydrogen-bond acceptors (Lipinski definition) is 11. The third kappa shape index (κ3) is 10.5. The van der Waals surface area contributed by atoms with Gasteiger partial charge in [0.2, 0.25) is 5.79 Å². The largest absolute Gasteiger partial charge is 0.494 e. The molecular weight excluding hydrogens is 855 g/mol. The fraction of sp³-hybridized carbons (Fsp3) is 0.250. The van der Waals surface area contributed by atoms with Crippen molar-refractivity contribution in [3.8, 4) is 57.4 Å². The number of benzene rings is 6. The van der Waals surface area contributed by atoms with E-state index >= 15 is 0 Å². The summed E-state index contributed by atoms with van der Waals surface area (Å²) in [6, 6.07) is 47.7. The molecule has 346 valence electrons. The summed E-state index contributed by atoms with van der Waals surface area (Å²) in [5.41, 5.74) is 7.08. The molecule has 0 amide bonds. The second kappa shape index (κ2) is 19.6. The smallest absolute Gasteiger partial charge is 0.489 e. The van der Waals surface area contributed by atoms with Crippen molar-refractivity contribution in [3.63, 3.8) is 0 Å². The SMILES string of the molecule is CC1(C)OCc2cc(B3OC(C)(C)C(C)(C)O3)ccc2O1.Cc1c(OCc2ccccc2)cccc1-c1cnc(-c2ncc(-c3cccc(OCc4ccccc4)c3OCc3ccccc3)o2)o1. The van der Waals surface area contributed by atoms with Crippen molar-refractivity contribution in [3.05, 3.63) is 186 Å². The van der Waals surface area contributed by atoms with Crippen LogP contribution >= 0.6 is 0 Å². The van der Waals surface area contributed by atoms with Crippen LogP contribution in [0.15, 0.2) is 167 Å². The molecule has 2 aliphatic rings. The van der Waals surface area contributed by atoms with Crippen molar-refractivity contribution in [2.45, 2.75) is 91.9 Å². The molecule has 0 unspecified atom stereocenters. The second-order valence-corrected chi connectivity index (χ2v) is 18.2.